The van der Waals surface area contributed by atoms with Crippen molar-refractivity contribution < 1.29 is 14.3 Å². The fourth-order valence-electron chi connectivity index (χ4n) is 2.72. The van der Waals surface area contributed by atoms with E-state index in [4.69, 9.17) is 9.47 Å². The Balaban J connectivity index is 1.60. The van der Waals surface area contributed by atoms with Gasteiger partial charge in [-0.25, -0.2) is 4.98 Å². The molecule has 1 N–H and O–H groups in total. The first-order chi connectivity index (χ1) is 12.2. The molecule has 1 amide bonds. The van der Waals surface area contributed by atoms with Gasteiger partial charge in [-0.3, -0.25) is 4.79 Å². The second kappa shape index (κ2) is 7.88. The van der Waals surface area contributed by atoms with Crippen LogP contribution in [0.4, 0.5) is 5.82 Å². The fraction of sp³-hybridized carbons (Fsp3) is 0.368. The first-order valence-electron chi connectivity index (χ1n) is 8.59. The number of amides is 1. The topological polar surface area (TPSA) is 63.7 Å². The van der Waals surface area contributed by atoms with Crippen molar-refractivity contribution in [2.75, 3.05) is 31.2 Å². The zero-order chi connectivity index (χ0) is 17.6. The zero-order valence-electron chi connectivity index (χ0n) is 14.6. The van der Waals surface area contributed by atoms with Crippen molar-refractivity contribution in [1.82, 2.24) is 10.3 Å². The van der Waals surface area contributed by atoms with Gasteiger partial charge in [0.1, 0.15) is 19.0 Å². The predicted octanol–water partition coefficient (Wildman–Crippen LogP) is 2.63. The summed E-state index contributed by atoms with van der Waals surface area (Å²) >= 11 is 0. The maximum atomic E-state index is 12.3. The van der Waals surface area contributed by atoms with Gasteiger partial charge in [-0.2, -0.15) is 0 Å². The lowest BCUT2D eigenvalue weighted by molar-refractivity contribution is 0.0949. The molecule has 2 aromatic rings. The van der Waals surface area contributed by atoms with Gasteiger partial charge in [0.05, 0.1) is 0 Å². The Morgan fingerprint density at radius 3 is 2.56 bits per heavy atom. The van der Waals surface area contributed by atoms with E-state index in [1.54, 1.807) is 24.4 Å². The van der Waals surface area contributed by atoms with Gasteiger partial charge < -0.3 is 19.7 Å². The van der Waals surface area contributed by atoms with Gasteiger partial charge in [-0.15, -0.1) is 0 Å². The van der Waals surface area contributed by atoms with E-state index in [1.807, 2.05) is 12.1 Å². The molecule has 0 aliphatic carbocycles. The molecule has 0 bridgehead atoms. The third-order valence-electron chi connectivity index (χ3n) is 4.15. The molecule has 0 radical (unpaired) electrons. The number of carbonyl (C=O) groups excluding carboxylic acids is 1. The van der Waals surface area contributed by atoms with Crippen molar-refractivity contribution in [3.05, 3.63) is 47.7 Å². The number of nitrogens with zero attached hydrogens (tertiary/aromatic N) is 2. The van der Waals surface area contributed by atoms with Gasteiger partial charge in [-0.05, 0) is 43.7 Å². The number of carbonyl (C=O) groups is 1. The highest BCUT2D eigenvalue weighted by Gasteiger charge is 2.14. The molecular weight excluding hydrogens is 318 g/mol. The molecule has 1 aromatic carbocycles. The normalized spacial score (nSPS) is 12.6. The SMILES string of the molecule is CCN(CC)c1ccc(CNC(=O)c2ccc3c(c2)OCCO3)cn1. The molecule has 2 heterocycles. The molecule has 0 spiro atoms. The van der Waals surface area contributed by atoms with E-state index in [0.717, 1.165) is 24.5 Å². The Kier molecular flexibility index (Phi) is 5.38. The van der Waals surface area contributed by atoms with Gasteiger partial charge in [0.2, 0.25) is 0 Å². The minimum Gasteiger partial charge on any atom is -0.486 e. The summed E-state index contributed by atoms with van der Waals surface area (Å²) in [7, 11) is 0. The monoisotopic (exact) mass is 341 g/mol. The van der Waals surface area contributed by atoms with Crippen LogP contribution >= 0.6 is 0 Å². The lowest BCUT2D eigenvalue weighted by Crippen LogP contribution is -2.24. The minimum atomic E-state index is -0.148. The molecule has 0 unspecified atom stereocenters. The molecule has 0 fully saturated rings. The van der Waals surface area contributed by atoms with Crippen molar-refractivity contribution in [1.29, 1.82) is 0 Å². The van der Waals surface area contributed by atoms with Crippen LogP contribution in [0.5, 0.6) is 11.5 Å². The quantitative estimate of drug-likeness (QED) is 0.875. The highest BCUT2D eigenvalue weighted by molar-refractivity contribution is 5.94. The highest BCUT2D eigenvalue weighted by Crippen LogP contribution is 2.30. The van der Waals surface area contributed by atoms with Crippen molar-refractivity contribution in [2.45, 2.75) is 20.4 Å². The first-order valence-corrected chi connectivity index (χ1v) is 8.59. The van der Waals surface area contributed by atoms with Crippen molar-refractivity contribution >= 4 is 11.7 Å². The van der Waals surface area contributed by atoms with E-state index < -0.39 is 0 Å². The Hall–Kier alpha value is -2.76. The van der Waals surface area contributed by atoms with Crippen LogP contribution in [-0.4, -0.2) is 37.2 Å². The number of pyridine rings is 1. The molecule has 0 saturated carbocycles. The van der Waals surface area contributed by atoms with Gasteiger partial charge in [0.15, 0.2) is 11.5 Å². The minimum absolute atomic E-state index is 0.148. The maximum Gasteiger partial charge on any atom is 0.251 e. The Morgan fingerprint density at radius 2 is 1.88 bits per heavy atom. The summed E-state index contributed by atoms with van der Waals surface area (Å²) in [5, 5.41) is 2.91. The highest BCUT2D eigenvalue weighted by atomic mass is 16.6. The number of fused-ring (bicyclic) bond motifs is 1. The molecule has 6 heteroatoms. The van der Waals surface area contributed by atoms with Crippen LogP contribution in [0, 0.1) is 0 Å². The third-order valence-corrected chi connectivity index (χ3v) is 4.15. The van der Waals surface area contributed by atoms with Crippen LogP contribution in [0.3, 0.4) is 0 Å². The Labute approximate surface area is 147 Å². The van der Waals surface area contributed by atoms with Crippen LogP contribution in [0.25, 0.3) is 0 Å². The molecule has 3 rings (SSSR count). The maximum absolute atomic E-state index is 12.3. The number of rotatable bonds is 6. The molecular formula is C19H23N3O3. The Bertz CT molecular complexity index is 727. The van der Waals surface area contributed by atoms with Gasteiger partial charge in [0, 0.05) is 31.4 Å². The summed E-state index contributed by atoms with van der Waals surface area (Å²) < 4.78 is 11.0. The van der Waals surface area contributed by atoms with E-state index in [-0.39, 0.29) is 5.91 Å². The van der Waals surface area contributed by atoms with E-state index in [2.05, 4.69) is 29.0 Å². The van der Waals surface area contributed by atoms with Crippen LogP contribution in [0.1, 0.15) is 29.8 Å². The molecule has 1 aromatic heterocycles. The lowest BCUT2D eigenvalue weighted by Gasteiger charge is -2.19. The summed E-state index contributed by atoms with van der Waals surface area (Å²) in [6, 6.07) is 9.20. The van der Waals surface area contributed by atoms with Crippen LogP contribution < -0.4 is 19.7 Å². The smallest absolute Gasteiger partial charge is 0.251 e. The second-order valence-corrected chi connectivity index (χ2v) is 5.74. The average Bonchev–Trinajstić information content (AvgIpc) is 2.67. The number of nitrogens with one attached hydrogen (secondary N) is 1. The molecule has 6 nitrogen and oxygen atoms in total. The fourth-order valence-corrected chi connectivity index (χ4v) is 2.72. The summed E-state index contributed by atoms with van der Waals surface area (Å²) in [6.45, 7) is 7.52. The van der Waals surface area contributed by atoms with Crippen LogP contribution in [0.15, 0.2) is 36.5 Å². The van der Waals surface area contributed by atoms with E-state index >= 15 is 0 Å². The summed E-state index contributed by atoms with van der Waals surface area (Å²) in [5.74, 6) is 2.10. The predicted molar refractivity (Wildman–Crippen MR) is 96.4 cm³/mol. The molecule has 0 saturated heterocycles. The molecule has 0 atom stereocenters. The molecule has 132 valence electrons. The van der Waals surface area contributed by atoms with Crippen molar-refractivity contribution in [3.8, 4) is 11.5 Å². The number of hydrogen-bond acceptors (Lipinski definition) is 5. The number of benzene rings is 1. The van der Waals surface area contributed by atoms with Crippen molar-refractivity contribution in [3.63, 3.8) is 0 Å². The van der Waals surface area contributed by atoms with Crippen LogP contribution in [-0.2, 0) is 6.54 Å². The van der Waals surface area contributed by atoms with Gasteiger partial charge in [-0.1, -0.05) is 6.07 Å². The second-order valence-electron chi connectivity index (χ2n) is 5.74. The first kappa shape index (κ1) is 17.1. The average molecular weight is 341 g/mol. The summed E-state index contributed by atoms with van der Waals surface area (Å²) in [6.07, 6.45) is 1.80. The number of hydrogen-bond donors (Lipinski definition) is 1. The largest absolute Gasteiger partial charge is 0.486 e. The number of anilines is 1. The van der Waals surface area contributed by atoms with Crippen molar-refractivity contribution in [2.24, 2.45) is 0 Å². The lowest BCUT2D eigenvalue weighted by atomic mass is 10.1. The third kappa shape index (κ3) is 4.02. The number of aromatic nitrogens is 1. The number of ether oxygens (including phenoxy) is 2. The Morgan fingerprint density at radius 1 is 1.12 bits per heavy atom. The standard InChI is InChI=1S/C19H23N3O3/c1-3-22(4-2)18-8-5-14(12-20-18)13-21-19(23)15-6-7-16-17(11-15)25-10-9-24-16/h5-8,11-12H,3-4,9-10,13H2,1-2H3,(H,21,23). The molecule has 1 aliphatic rings. The van der Waals surface area contributed by atoms with E-state index in [0.29, 0.717) is 36.8 Å². The van der Waals surface area contributed by atoms with Crippen LogP contribution in [0.2, 0.25) is 0 Å². The zero-order valence-corrected chi connectivity index (χ0v) is 14.6. The van der Waals surface area contributed by atoms with Gasteiger partial charge >= 0.3 is 0 Å². The summed E-state index contributed by atoms with van der Waals surface area (Å²) in [5.41, 5.74) is 1.51. The summed E-state index contributed by atoms with van der Waals surface area (Å²) in [4.78, 5) is 19.0. The van der Waals surface area contributed by atoms with Gasteiger partial charge in [0.25, 0.3) is 5.91 Å². The molecule has 25 heavy (non-hydrogen) atoms. The van der Waals surface area contributed by atoms with E-state index in [9.17, 15) is 4.79 Å². The van der Waals surface area contributed by atoms with E-state index in [1.165, 1.54) is 0 Å². The molecule has 1 aliphatic heterocycles.